The summed E-state index contributed by atoms with van der Waals surface area (Å²) in [4.78, 5) is 0.521. The van der Waals surface area contributed by atoms with Crippen LogP contribution in [0.1, 0.15) is 4.88 Å². The van der Waals surface area contributed by atoms with Gasteiger partial charge in [0, 0.05) is 9.35 Å². The van der Waals surface area contributed by atoms with Gasteiger partial charge in [-0.1, -0.05) is 6.07 Å². The molecule has 102 valence electrons. The average Bonchev–Trinajstić information content (AvgIpc) is 2.83. The molecule has 0 unspecified atom stereocenters. The van der Waals surface area contributed by atoms with Crippen LogP contribution in [0.3, 0.4) is 0 Å². The van der Waals surface area contributed by atoms with Gasteiger partial charge in [0.2, 0.25) is 0 Å². The molecule has 1 aromatic carbocycles. The van der Waals surface area contributed by atoms with E-state index in [2.05, 4.69) is 20.7 Å². The first-order valence-electron chi connectivity index (χ1n) is 5.10. The standard InChI is InChI=1S/C11H9BrFNO3S2/c12-8-2-1-3-9(13)11(8)14-19(16,17)10-5-4-7(6-15)18-10/h1-5,14-15H,6H2. The van der Waals surface area contributed by atoms with Crippen LogP contribution in [0.5, 0.6) is 0 Å². The predicted molar refractivity (Wildman–Crippen MR) is 75.2 cm³/mol. The van der Waals surface area contributed by atoms with Gasteiger partial charge >= 0.3 is 0 Å². The SMILES string of the molecule is O=S(=O)(Nc1c(F)cccc1Br)c1ccc(CO)s1. The van der Waals surface area contributed by atoms with Crippen LogP contribution in [0, 0.1) is 5.82 Å². The van der Waals surface area contributed by atoms with Crippen molar-refractivity contribution in [2.45, 2.75) is 10.8 Å². The highest BCUT2D eigenvalue weighted by molar-refractivity contribution is 9.10. The second-order valence-corrected chi connectivity index (χ2v) is 7.51. The minimum Gasteiger partial charge on any atom is -0.391 e. The summed E-state index contributed by atoms with van der Waals surface area (Å²) in [5.41, 5.74) is -0.138. The molecule has 2 N–H and O–H groups in total. The van der Waals surface area contributed by atoms with E-state index in [0.29, 0.717) is 9.35 Å². The van der Waals surface area contributed by atoms with Gasteiger partial charge in [0.25, 0.3) is 10.0 Å². The van der Waals surface area contributed by atoms with Gasteiger partial charge in [-0.05, 0) is 40.2 Å². The van der Waals surface area contributed by atoms with E-state index >= 15 is 0 Å². The number of para-hydroxylation sites is 1. The van der Waals surface area contributed by atoms with Crippen LogP contribution in [0.15, 0.2) is 39.0 Å². The normalized spacial score (nSPS) is 11.5. The average molecular weight is 366 g/mol. The Kier molecular flexibility index (Phi) is 4.24. The maximum atomic E-state index is 13.6. The second-order valence-electron chi connectivity index (χ2n) is 3.58. The molecule has 4 nitrogen and oxygen atoms in total. The molecule has 0 aliphatic rings. The zero-order valence-electron chi connectivity index (χ0n) is 9.43. The summed E-state index contributed by atoms with van der Waals surface area (Å²) in [5.74, 6) is -0.670. The Bertz CT molecular complexity index is 679. The van der Waals surface area contributed by atoms with Crippen molar-refractivity contribution in [1.29, 1.82) is 0 Å². The first kappa shape index (κ1) is 14.4. The Hall–Kier alpha value is -0.960. The molecule has 0 radical (unpaired) electrons. The molecule has 8 heteroatoms. The summed E-state index contributed by atoms with van der Waals surface area (Å²) in [6.07, 6.45) is 0. The van der Waals surface area contributed by atoms with Crippen LogP contribution in [-0.4, -0.2) is 13.5 Å². The summed E-state index contributed by atoms with van der Waals surface area (Å²) in [7, 11) is -3.86. The summed E-state index contributed by atoms with van der Waals surface area (Å²) >= 11 is 4.02. The molecule has 0 spiro atoms. The van der Waals surface area contributed by atoms with Crippen LogP contribution in [0.25, 0.3) is 0 Å². The molecule has 0 saturated heterocycles. The molecule has 0 fully saturated rings. The van der Waals surface area contributed by atoms with Gasteiger partial charge < -0.3 is 5.11 Å². The lowest BCUT2D eigenvalue weighted by Crippen LogP contribution is -2.13. The zero-order valence-corrected chi connectivity index (χ0v) is 12.6. The second kappa shape index (κ2) is 5.58. The molecular formula is C11H9BrFNO3S2. The van der Waals surface area contributed by atoms with Crippen molar-refractivity contribution >= 4 is 43.0 Å². The van der Waals surface area contributed by atoms with Crippen molar-refractivity contribution in [2.24, 2.45) is 0 Å². The number of nitrogens with one attached hydrogen (secondary N) is 1. The van der Waals surface area contributed by atoms with Crippen LogP contribution >= 0.6 is 27.3 Å². The number of aliphatic hydroxyl groups excluding tert-OH is 1. The van der Waals surface area contributed by atoms with Gasteiger partial charge in [-0.25, -0.2) is 12.8 Å². The number of thiophene rings is 1. The summed E-state index contributed by atoms with van der Waals surface area (Å²) in [5, 5.41) is 8.92. The van der Waals surface area contributed by atoms with Gasteiger partial charge in [-0.2, -0.15) is 0 Å². The van der Waals surface area contributed by atoms with Crippen molar-refractivity contribution in [3.8, 4) is 0 Å². The first-order valence-corrected chi connectivity index (χ1v) is 8.19. The van der Waals surface area contributed by atoms with E-state index < -0.39 is 15.8 Å². The molecular weight excluding hydrogens is 357 g/mol. The molecule has 0 saturated carbocycles. The molecule has 1 aromatic heterocycles. The maximum absolute atomic E-state index is 13.6. The number of halogens is 2. The lowest BCUT2D eigenvalue weighted by molar-refractivity contribution is 0.285. The van der Waals surface area contributed by atoms with E-state index in [-0.39, 0.29) is 16.5 Å². The van der Waals surface area contributed by atoms with E-state index in [9.17, 15) is 12.8 Å². The van der Waals surface area contributed by atoms with Crippen molar-refractivity contribution in [1.82, 2.24) is 0 Å². The quantitative estimate of drug-likeness (QED) is 0.875. The molecule has 0 atom stereocenters. The summed E-state index contributed by atoms with van der Waals surface area (Å²) in [6.45, 7) is -0.233. The fourth-order valence-corrected chi connectivity index (χ4v) is 4.24. The van der Waals surface area contributed by atoms with E-state index in [1.54, 1.807) is 0 Å². The van der Waals surface area contributed by atoms with Crippen molar-refractivity contribution in [2.75, 3.05) is 4.72 Å². The topological polar surface area (TPSA) is 66.4 Å². The third kappa shape index (κ3) is 3.14. The third-order valence-electron chi connectivity index (χ3n) is 2.26. The minimum atomic E-state index is -3.86. The number of rotatable bonds is 4. The van der Waals surface area contributed by atoms with Crippen LogP contribution in [0.2, 0.25) is 0 Å². The molecule has 1 heterocycles. The molecule has 0 amide bonds. The molecule has 0 aliphatic heterocycles. The first-order chi connectivity index (χ1) is 8.94. The van der Waals surface area contributed by atoms with Crippen LogP contribution in [0.4, 0.5) is 10.1 Å². The number of aliphatic hydroxyl groups is 1. The Labute approximate surface area is 122 Å². The van der Waals surface area contributed by atoms with E-state index in [4.69, 9.17) is 5.11 Å². The summed E-state index contributed by atoms with van der Waals surface area (Å²) < 4.78 is 40.2. The van der Waals surface area contributed by atoms with E-state index in [1.165, 1.54) is 24.3 Å². The van der Waals surface area contributed by atoms with Gasteiger partial charge in [0.05, 0.1) is 12.3 Å². The van der Waals surface area contributed by atoms with Gasteiger partial charge in [-0.3, -0.25) is 4.72 Å². The van der Waals surface area contributed by atoms with Gasteiger partial charge in [0.1, 0.15) is 10.0 Å². The van der Waals surface area contributed by atoms with Crippen molar-refractivity contribution in [3.63, 3.8) is 0 Å². The fraction of sp³-hybridized carbons (Fsp3) is 0.0909. The van der Waals surface area contributed by atoms with Crippen molar-refractivity contribution < 1.29 is 17.9 Å². The van der Waals surface area contributed by atoms with Crippen LogP contribution < -0.4 is 4.72 Å². The lowest BCUT2D eigenvalue weighted by Gasteiger charge is -2.09. The molecule has 0 bridgehead atoms. The third-order valence-corrected chi connectivity index (χ3v) is 5.83. The minimum absolute atomic E-state index is 0.0201. The number of hydrogen-bond acceptors (Lipinski definition) is 4. The molecule has 19 heavy (non-hydrogen) atoms. The Morgan fingerprint density at radius 1 is 1.32 bits per heavy atom. The largest absolute Gasteiger partial charge is 0.391 e. The van der Waals surface area contributed by atoms with E-state index in [1.807, 2.05) is 0 Å². The van der Waals surface area contributed by atoms with Gasteiger partial charge in [-0.15, -0.1) is 11.3 Å². The number of benzene rings is 1. The van der Waals surface area contributed by atoms with Crippen molar-refractivity contribution in [3.05, 3.63) is 45.5 Å². The fourth-order valence-electron chi connectivity index (χ4n) is 1.37. The Morgan fingerprint density at radius 2 is 2.05 bits per heavy atom. The van der Waals surface area contributed by atoms with Crippen LogP contribution in [-0.2, 0) is 16.6 Å². The highest BCUT2D eigenvalue weighted by Crippen LogP contribution is 2.29. The highest BCUT2D eigenvalue weighted by Gasteiger charge is 2.20. The molecule has 2 rings (SSSR count). The van der Waals surface area contributed by atoms with Gasteiger partial charge in [0.15, 0.2) is 0 Å². The zero-order chi connectivity index (χ0) is 14.0. The van der Waals surface area contributed by atoms with E-state index in [0.717, 1.165) is 17.4 Å². The molecule has 2 aromatic rings. The number of sulfonamides is 1. The highest BCUT2D eigenvalue weighted by atomic mass is 79.9. The number of hydrogen-bond donors (Lipinski definition) is 2. The summed E-state index contributed by atoms with van der Waals surface area (Å²) in [6, 6.07) is 7.04. The predicted octanol–water partition coefficient (Wildman–Crippen LogP) is 2.94. The molecule has 0 aliphatic carbocycles. The Morgan fingerprint density at radius 3 is 2.63 bits per heavy atom. The maximum Gasteiger partial charge on any atom is 0.271 e. The Balaban J connectivity index is 2.36. The smallest absolute Gasteiger partial charge is 0.271 e. The number of anilines is 1. The lowest BCUT2D eigenvalue weighted by atomic mass is 10.3. The monoisotopic (exact) mass is 365 g/mol.